The number of piperidine rings is 2. The van der Waals surface area contributed by atoms with E-state index in [2.05, 4.69) is 10.0 Å². The minimum atomic E-state index is -3.75. The number of hydrogen-bond acceptors (Lipinski definition) is 5. The molecule has 7 nitrogen and oxygen atoms in total. The van der Waals surface area contributed by atoms with Crippen molar-refractivity contribution in [2.75, 3.05) is 26.2 Å². The molecule has 1 aromatic carbocycles. The molecule has 2 aliphatic rings. The molecule has 0 aliphatic carbocycles. The minimum absolute atomic E-state index is 0.00356. The number of nitrogens with zero attached hydrogens (tertiary/aromatic N) is 1. The smallest absolute Gasteiger partial charge is 0.243 e. The predicted octanol–water partition coefficient (Wildman–Crippen LogP) is 0.892. The van der Waals surface area contributed by atoms with Crippen LogP contribution in [0.4, 0.5) is 0 Å². The molecule has 2 fully saturated rings. The molecule has 2 N–H and O–H groups in total. The van der Waals surface area contributed by atoms with Gasteiger partial charge in [-0.05, 0) is 50.4 Å². The highest BCUT2D eigenvalue weighted by Gasteiger charge is 2.28. The summed E-state index contributed by atoms with van der Waals surface area (Å²) in [5, 5.41) is 3.16. The summed E-state index contributed by atoms with van der Waals surface area (Å²) in [7, 11) is -7.40. The molecule has 1 aromatic rings. The van der Waals surface area contributed by atoms with E-state index in [-0.39, 0.29) is 15.8 Å². The summed E-state index contributed by atoms with van der Waals surface area (Å²) >= 11 is 0. The lowest BCUT2D eigenvalue weighted by molar-refractivity contribution is 0.346. The number of nitrogens with one attached hydrogen (secondary N) is 2. The third-order valence-electron chi connectivity index (χ3n) is 4.69. The van der Waals surface area contributed by atoms with Crippen LogP contribution >= 0.6 is 0 Å². The van der Waals surface area contributed by atoms with Crippen molar-refractivity contribution in [3.05, 3.63) is 24.3 Å². The molecule has 140 valence electrons. The number of hydrogen-bond donors (Lipinski definition) is 2. The summed E-state index contributed by atoms with van der Waals surface area (Å²) in [5.74, 6) is 0. The van der Waals surface area contributed by atoms with Gasteiger partial charge >= 0.3 is 0 Å². The van der Waals surface area contributed by atoms with E-state index in [0.717, 1.165) is 38.6 Å². The number of sulfonamides is 2. The molecule has 0 radical (unpaired) electrons. The second-order valence-electron chi connectivity index (χ2n) is 6.60. The highest BCUT2D eigenvalue weighted by atomic mass is 32.2. The van der Waals surface area contributed by atoms with Crippen molar-refractivity contribution < 1.29 is 16.8 Å². The van der Waals surface area contributed by atoms with Crippen LogP contribution in [0, 0.1) is 0 Å². The molecule has 25 heavy (non-hydrogen) atoms. The van der Waals surface area contributed by atoms with Crippen molar-refractivity contribution >= 4 is 20.0 Å². The molecule has 0 aromatic heterocycles. The van der Waals surface area contributed by atoms with Crippen molar-refractivity contribution in [1.82, 2.24) is 14.3 Å². The number of benzene rings is 1. The van der Waals surface area contributed by atoms with Crippen LogP contribution in [0.15, 0.2) is 34.1 Å². The fraction of sp³-hybridized carbons (Fsp3) is 0.625. The largest absolute Gasteiger partial charge is 0.315 e. The average molecular weight is 388 g/mol. The molecule has 2 heterocycles. The van der Waals surface area contributed by atoms with Gasteiger partial charge < -0.3 is 5.32 Å². The second kappa shape index (κ2) is 7.71. The van der Waals surface area contributed by atoms with Crippen LogP contribution in [0.2, 0.25) is 0 Å². The van der Waals surface area contributed by atoms with E-state index in [4.69, 9.17) is 0 Å². The van der Waals surface area contributed by atoms with Crippen LogP contribution in [0.25, 0.3) is 0 Å². The van der Waals surface area contributed by atoms with Gasteiger partial charge in [-0.15, -0.1) is 0 Å². The molecular weight excluding hydrogens is 362 g/mol. The first-order valence-corrected chi connectivity index (χ1v) is 11.7. The van der Waals surface area contributed by atoms with Gasteiger partial charge in [0.25, 0.3) is 0 Å². The van der Waals surface area contributed by atoms with Crippen LogP contribution in [0.1, 0.15) is 32.1 Å². The maximum Gasteiger partial charge on any atom is 0.243 e. The fourth-order valence-corrected chi connectivity index (χ4v) is 6.25. The van der Waals surface area contributed by atoms with Crippen LogP contribution in [-0.2, 0) is 20.0 Å². The third kappa shape index (κ3) is 4.40. The van der Waals surface area contributed by atoms with E-state index in [1.165, 1.54) is 28.6 Å². The summed E-state index contributed by atoms with van der Waals surface area (Å²) in [6.45, 7) is 2.46. The Morgan fingerprint density at radius 3 is 2.40 bits per heavy atom. The molecule has 3 rings (SSSR count). The zero-order valence-electron chi connectivity index (χ0n) is 14.1. The molecule has 1 unspecified atom stereocenters. The molecular formula is C16H25N3O4S2. The highest BCUT2D eigenvalue weighted by Crippen LogP contribution is 2.23. The molecule has 1 atom stereocenters. The molecule has 0 spiro atoms. The van der Waals surface area contributed by atoms with E-state index in [0.29, 0.717) is 19.6 Å². The van der Waals surface area contributed by atoms with Crippen molar-refractivity contribution in [3.8, 4) is 0 Å². The molecule has 0 saturated carbocycles. The lowest BCUT2D eigenvalue weighted by Gasteiger charge is -2.26. The summed E-state index contributed by atoms with van der Waals surface area (Å²) in [4.78, 5) is 0.0372. The van der Waals surface area contributed by atoms with E-state index >= 15 is 0 Å². The zero-order chi connectivity index (χ0) is 17.9. The van der Waals surface area contributed by atoms with Gasteiger partial charge in [0.15, 0.2) is 0 Å². The van der Waals surface area contributed by atoms with Crippen LogP contribution in [-0.4, -0.2) is 53.4 Å². The van der Waals surface area contributed by atoms with E-state index < -0.39 is 20.0 Å². The van der Waals surface area contributed by atoms with Crippen LogP contribution in [0.3, 0.4) is 0 Å². The topological polar surface area (TPSA) is 95.6 Å². The summed E-state index contributed by atoms with van der Waals surface area (Å²) < 4.78 is 54.8. The Morgan fingerprint density at radius 2 is 1.72 bits per heavy atom. The second-order valence-corrected chi connectivity index (χ2v) is 10.3. The Balaban J connectivity index is 1.82. The average Bonchev–Trinajstić information content (AvgIpc) is 2.63. The van der Waals surface area contributed by atoms with E-state index in [9.17, 15) is 16.8 Å². The van der Waals surface area contributed by atoms with Crippen molar-refractivity contribution in [3.63, 3.8) is 0 Å². The van der Waals surface area contributed by atoms with Crippen LogP contribution < -0.4 is 10.0 Å². The van der Waals surface area contributed by atoms with Gasteiger partial charge in [0.1, 0.15) is 0 Å². The van der Waals surface area contributed by atoms with Gasteiger partial charge in [0, 0.05) is 25.7 Å². The maximum atomic E-state index is 12.8. The van der Waals surface area contributed by atoms with Crippen molar-refractivity contribution in [2.45, 2.75) is 47.9 Å². The normalized spacial score (nSPS) is 23.4. The van der Waals surface area contributed by atoms with E-state index in [1.54, 1.807) is 0 Å². The Bertz CT molecular complexity index is 796. The monoisotopic (exact) mass is 387 g/mol. The fourth-order valence-electron chi connectivity index (χ4n) is 3.30. The molecule has 0 bridgehead atoms. The van der Waals surface area contributed by atoms with Gasteiger partial charge in [-0.2, -0.15) is 4.31 Å². The first kappa shape index (κ1) is 18.8. The van der Waals surface area contributed by atoms with Crippen molar-refractivity contribution in [1.29, 1.82) is 0 Å². The lowest BCUT2D eigenvalue weighted by Crippen LogP contribution is -2.45. The lowest BCUT2D eigenvalue weighted by atomic mass is 10.1. The molecule has 2 saturated heterocycles. The van der Waals surface area contributed by atoms with E-state index in [1.807, 2.05) is 0 Å². The number of rotatable bonds is 5. The highest BCUT2D eigenvalue weighted by molar-refractivity contribution is 7.90. The van der Waals surface area contributed by atoms with Gasteiger partial charge in [0.2, 0.25) is 20.0 Å². The first-order valence-electron chi connectivity index (χ1n) is 8.73. The SMILES string of the molecule is O=S(=O)(NC1CCCNC1)c1cccc(S(=O)(=O)N2CCCCC2)c1. The zero-order valence-corrected chi connectivity index (χ0v) is 15.8. The summed E-state index contributed by atoms with van der Waals surface area (Å²) in [6.07, 6.45) is 4.40. The summed E-state index contributed by atoms with van der Waals surface area (Å²) in [6, 6.07) is 5.49. The predicted molar refractivity (Wildman–Crippen MR) is 95.3 cm³/mol. The van der Waals surface area contributed by atoms with Gasteiger partial charge in [-0.25, -0.2) is 21.6 Å². The maximum absolute atomic E-state index is 12.8. The Labute approximate surface area is 149 Å². The summed E-state index contributed by atoms with van der Waals surface area (Å²) in [5.41, 5.74) is 0. The molecule has 2 aliphatic heterocycles. The Morgan fingerprint density at radius 1 is 1.00 bits per heavy atom. The molecule has 0 amide bonds. The standard InChI is InChI=1S/C16H25N3O4S2/c20-24(21,18-14-6-5-9-17-13-14)15-7-4-8-16(12-15)25(22,23)19-10-2-1-3-11-19/h4,7-8,12,14,17-18H,1-3,5-6,9-11,13H2. The van der Waals surface area contributed by atoms with Crippen LogP contribution in [0.5, 0.6) is 0 Å². The van der Waals surface area contributed by atoms with Gasteiger partial charge in [-0.1, -0.05) is 12.5 Å². The Hall–Kier alpha value is -1.00. The quantitative estimate of drug-likeness (QED) is 0.782. The Kier molecular flexibility index (Phi) is 5.79. The first-order chi connectivity index (χ1) is 11.9. The van der Waals surface area contributed by atoms with Crippen molar-refractivity contribution in [2.24, 2.45) is 0 Å². The van der Waals surface area contributed by atoms with Gasteiger partial charge in [-0.3, -0.25) is 0 Å². The third-order valence-corrected chi connectivity index (χ3v) is 8.10. The minimum Gasteiger partial charge on any atom is -0.315 e. The van der Waals surface area contributed by atoms with Gasteiger partial charge in [0.05, 0.1) is 9.79 Å². The molecule has 9 heteroatoms.